The van der Waals surface area contributed by atoms with Crippen LogP contribution in [0, 0.1) is 11.3 Å². The quantitative estimate of drug-likeness (QED) is 0.827. The second-order valence-corrected chi connectivity index (χ2v) is 6.13. The topological polar surface area (TPSA) is 69.5 Å². The third kappa shape index (κ3) is 2.08. The van der Waals surface area contributed by atoms with Crippen LogP contribution >= 0.6 is 0 Å². The summed E-state index contributed by atoms with van der Waals surface area (Å²) >= 11 is 0. The number of fused-ring (bicyclic) bond motifs is 1. The van der Waals surface area contributed by atoms with E-state index in [1.165, 1.54) is 5.56 Å². The van der Waals surface area contributed by atoms with Crippen LogP contribution in [0.1, 0.15) is 29.7 Å². The van der Waals surface area contributed by atoms with Crippen molar-refractivity contribution in [3.05, 3.63) is 22.9 Å². The van der Waals surface area contributed by atoms with Gasteiger partial charge in [-0.2, -0.15) is 5.26 Å². The van der Waals surface area contributed by atoms with E-state index in [0.29, 0.717) is 18.7 Å². The van der Waals surface area contributed by atoms with E-state index in [1.54, 1.807) is 4.90 Å². The Bertz CT molecular complexity index is 667. The molecular formula is C16H18N4O2. The van der Waals surface area contributed by atoms with Crippen LogP contribution in [0.3, 0.4) is 0 Å². The smallest absolute Gasteiger partial charge is 0.410 e. The van der Waals surface area contributed by atoms with E-state index in [-0.39, 0.29) is 12.1 Å². The summed E-state index contributed by atoms with van der Waals surface area (Å²) in [5.74, 6) is 0.790. The molecule has 0 bridgehead atoms. The number of hydrogen-bond acceptors (Lipinski definition) is 5. The molecule has 6 nitrogen and oxygen atoms in total. The molecule has 6 heteroatoms. The Balaban J connectivity index is 1.58. The van der Waals surface area contributed by atoms with Crippen LogP contribution < -0.4 is 4.90 Å². The fourth-order valence-electron chi connectivity index (χ4n) is 3.71. The number of rotatable bonds is 2. The van der Waals surface area contributed by atoms with Gasteiger partial charge in [-0.25, -0.2) is 9.78 Å². The first-order valence-electron chi connectivity index (χ1n) is 7.87. The summed E-state index contributed by atoms with van der Waals surface area (Å²) in [6.45, 7) is 2.71. The monoisotopic (exact) mass is 298 g/mol. The second kappa shape index (κ2) is 5.16. The number of hydrogen-bond donors (Lipinski definition) is 0. The van der Waals surface area contributed by atoms with Gasteiger partial charge in [0.1, 0.15) is 18.5 Å². The number of aromatic nitrogens is 1. The van der Waals surface area contributed by atoms with Crippen LogP contribution in [0.5, 0.6) is 0 Å². The van der Waals surface area contributed by atoms with Crippen LogP contribution in [-0.2, 0) is 17.6 Å². The number of nitriles is 1. The summed E-state index contributed by atoms with van der Waals surface area (Å²) in [6.07, 6.45) is 3.84. The third-order valence-corrected chi connectivity index (χ3v) is 4.85. The molecule has 1 aliphatic carbocycles. The van der Waals surface area contributed by atoms with Crippen LogP contribution in [0.4, 0.5) is 10.6 Å². The first-order valence-corrected chi connectivity index (χ1v) is 7.87. The van der Waals surface area contributed by atoms with Gasteiger partial charge in [0.2, 0.25) is 0 Å². The van der Waals surface area contributed by atoms with E-state index in [4.69, 9.17) is 9.72 Å². The number of pyridine rings is 1. The normalized spacial score (nSPS) is 23.6. The summed E-state index contributed by atoms with van der Waals surface area (Å²) in [5, 5.41) is 9.43. The predicted octanol–water partition coefficient (Wildman–Crippen LogP) is 1.47. The lowest BCUT2D eigenvalue weighted by Crippen LogP contribution is -2.38. The van der Waals surface area contributed by atoms with Gasteiger partial charge in [0.05, 0.1) is 18.2 Å². The molecule has 0 saturated carbocycles. The van der Waals surface area contributed by atoms with Crippen molar-refractivity contribution in [2.45, 2.75) is 31.7 Å². The van der Waals surface area contributed by atoms with Gasteiger partial charge in [0.15, 0.2) is 0 Å². The molecule has 1 amide bonds. The minimum Gasteiger partial charge on any atom is -0.448 e. The minimum absolute atomic E-state index is 0.164. The van der Waals surface area contributed by atoms with Crippen LogP contribution in [0.15, 0.2) is 6.07 Å². The molecule has 3 heterocycles. The van der Waals surface area contributed by atoms with Crippen molar-refractivity contribution in [1.82, 2.24) is 9.88 Å². The molecule has 3 aliphatic rings. The van der Waals surface area contributed by atoms with Gasteiger partial charge in [-0.1, -0.05) is 0 Å². The number of ether oxygens (including phenoxy) is 1. The molecule has 0 aromatic carbocycles. The SMILES string of the molecule is N#Cc1cc2c(nc1N1CCC(N3CCOC3=O)C1)CCC2. The Morgan fingerprint density at radius 2 is 2.27 bits per heavy atom. The predicted molar refractivity (Wildman–Crippen MR) is 79.6 cm³/mol. The fraction of sp³-hybridized carbons (Fsp3) is 0.562. The molecule has 0 spiro atoms. The molecule has 0 N–H and O–H groups in total. The van der Waals surface area contributed by atoms with Gasteiger partial charge in [-0.3, -0.25) is 4.90 Å². The van der Waals surface area contributed by atoms with Gasteiger partial charge in [0, 0.05) is 18.8 Å². The average Bonchev–Trinajstić information content (AvgIpc) is 3.24. The Labute approximate surface area is 129 Å². The molecule has 1 atom stereocenters. The van der Waals surface area contributed by atoms with Crippen LogP contribution in [0.2, 0.25) is 0 Å². The lowest BCUT2D eigenvalue weighted by Gasteiger charge is -2.23. The summed E-state index contributed by atoms with van der Waals surface area (Å²) in [5.41, 5.74) is 3.02. The Morgan fingerprint density at radius 1 is 1.36 bits per heavy atom. The number of aryl methyl sites for hydroxylation is 2. The van der Waals surface area contributed by atoms with Crippen molar-refractivity contribution in [3.8, 4) is 6.07 Å². The molecule has 2 saturated heterocycles. The first kappa shape index (κ1) is 13.4. The summed E-state index contributed by atoms with van der Waals surface area (Å²) < 4.78 is 5.02. The van der Waals surface area contributed by atoms with Crippen molar-refractivity contribution in [2.75, 3.05) is 31.1 Å². The van der Waals surface area contributed by atoms with Crippen LogP contribution in [0.25, 0.3) is 0 Å². The standard InChI is InChI=1S/C16H18N4O2/c17-9-12-8-11-2-1-3-14(11)18-15(12)19-5-4-13(10-19)20-6-7-22-16(20)21/h8,13H,1-7,10H2. The molecule has 4 rings (SSSR count). The zero-order valence-electron chi connectivity index (χ0n) is 12.4. The molecule has 22 heavy (non-hydrogen) atoms. The molecule has 0 radical (unpaired) electrons. The van der Waals surface area contributed by atoms with E-state index in [1.807, 2.05) is 6.07 Å². The highest BCUT2D eigenvalue weighted by molar-refractivity contribution is 5.70. The van der Waals surface area contributed by atoms with E-state index < -0.39 is 0 Å². The van der Waals surface area contributed by atoms with E-state index in [0.717, 1.165) is 50.3 Å². The highest BCUT2D eigenvalue weighted by Crippen LogP contribution is 2.30. The van der Waals surface area contributed by atoms with Crippen molar-refractivity contribution >= 4 is 11.9 Å². The molecular weight excluding hydrogens is 280 g/mol. The maximum atomic E-state index is 11.7. The number of carbonyl (C=O) groups excluding carboxylic acids is 1. The van der Waals surface area contributed by atoms with Gasteiger partial charge in [-0.15, -0.1) is 0 Å². The van der Waals surface area contributed by atoms with E-state index in [9.17, 15) is 10.1 Å². The van der Waals surface area contributed by atoms with Gasteiger partial charge in [0.25, 0.3) is 0 Å². The molecule has 2 fully saturated rings. The van der Waals surface area contributed by atoms with Crippen molar-refractivity contribution in [2.24, 2.45) is 0 Å². The number of amides is 1. The molecule has 1 aromatic heterocycles. The average molecular weight is 298 g/mol. The Kier molecular flexibility index (Phi) is 3.14. The number of nitrogens with zero attached hydrogens (tertiary/aromatic N) is 4. The maximum Gasteiger partial charge on any atom is 0.410 e. The fourth-order valence-corrected chi connectivity index (χ4v) is 3.71. The van der Waals surface area contributed by atoms with Gasteiger partial charge >= 0.3 is 6.09 Å². The number of carbonyl (C=O) groups is 1. The van der Waals surface area contributed by atoms with Crippen LogP contribution in [-0.4, -0.2) is 48.3 Å². The van der Waals surface area contributed by atoms with Crippen molar-refractivity contribution < 1.29 is 9.53 Å². The minimum atomic E-state index is -0.214. The zero-order valence-corrected chi connectivity index (χ0v) is 12.4. The van der Waals surface area contributed by atoms with Gasteiger partial charge < -0.3 is 9.64 Å². The van der Waals surface area contributed by atoms with E-state index >= 15 is 0 Å². The first-order chi connectivity index (χ1) is 10.8. The number of anilines is 1. The summed E-state index contributed by atoms with van der Waals surface area (Å²) in [7, 11) is 0. The van der Waals surface area contributed by atoms with Gasteiger partial charge in [-0.05, 0) is 37.3 Å². The molecule has 114 valence electrons. The molecule has 2 aliphatic heterocycles. The highest BCUT2D eigenvalue weighted by atomic mass is 16.6. The number of cyclic esters (lactones) is 1. The third-order valence-electron chi connectivity index (χ3n) is 4.85. The Hall–Kier alpha value is -2.29. The lowest BCUT2D eigenvalue weighted by molar-refractivity contribution is 0.150. The maximum absolute atomic E-state index is 11.7. The molecule has 1 unspecified atom stereocenters. The van der Waals surface area contributed by atoms with Crippen molar-refractivity contribution in [3.63, 3.8) is 0 Å². The lowest BCUT2D eigenvalue weighted by atomic mass is 10.1. The Morgan fingerprint density at radius 3 is 3.05 bits per heavy atom. The second-order valence-electron chi connectivity index (χ2n) is 6.13. The molecule has 1 aromatic rings. The van der Waals surface area contributed by atoms with E-state index in [2.05, 4.69) is 11.0 Å². The zero-order chi connectivity index (χ0) is 15.1. The highest BCUT2D eigenvalue weighted by Gasteiger charge is 2.35. The summed E-state index contributed by atoms with van der Waals surface area (Å²) in [6, 6.07) is 4.45. The van der Waals surface area contributed by atoms with Crippen molar-refractivity contribution in [1.29, 1.82) is 5.26 Å². The largest absolute Gasteiger partial charge is 0.448 e. The summed E-state index contributed by atoms with van der Waals surface area (Å²) in [4.78, 5) is 20.4.